The monoisotopic (exact) mass is 298 g/mol. The van der Waals surface area contributed by atoms with Crippen LogP contribution in [0.5, 0.6) is 11.5 Å². The maximum atomic E-state index is 10.0. The molecule has 0 bridgehead atoms. The highest BCUT2D eigenvalue weighted by Gasteiger charge is 2.23. The molecule has 0 aromatic heterocycles. The van der Waals surface area contributed by atoms with Crippen LogP contribution in [0.15, 0.2) is 36.4 Å². The van der Waals surface area contributed by atoms with Crippen molar-refractivity contribution < 1.29 is 10.2 Å². The van der Waals surface area contributed by atoms with Crippen LogP contribution in [-0.2, 0) is 0 Å². The Labute approximate surface area is 133 Å². The van der Waals surface area contributed by atoms with Crippen LogP contribution in [0.25, 0.3) is 0 Å². The Morgan fingerprint density at radius 1 is 0.727 bits per heavy atom. The fraction of sp³-hybridized carbons (Fsp3) is 0.400. The Bertz CT molecular complexity index is 589. The third-order valence-electron chi connectivity index (χ3n) is 4.69. The van der Waals surface area contributed by atoms with Gasteiger partial charge in [0, 0.05) is 0 Å². The summed E-state index contributed by atoms with van der Waals surface area (Å²) in [7, 11) is 0. The molecule has 0 fully saturated rings. The van der Waals surface area contributed by atoms with Gasteiger partial charge in [-0.15, -0.1) is 0 Å². The fourth-order valence-electron chi connectivity index (χ4n) is 3.22. The van der Waals surface area contributed by atoms with E-state index in [-0.39, 0.29) is 0 Å². The number of rotatable bonds is 5. The van der Waals surface area contributed by atoms with Crippen LogP contribution in [0.2, 0.25) is 0 Å². The number of phenols is 2. The first-order valence-electron chi connectivity index (χ1n) is 8.06. The van der Waals surface area contributed by atoms with E-state index in [1.807, 2.05) is 38.1 Å². The molecule has 0 spiro atoms. The van der Waals surface area contributed by atoms with Gasteiger partial charge in [-0.25, -0.2) is 0 Å². The van der Waals surface area contributed by atoms with E-state index in [0.29, 0.717) is 23.3 Å². The molecule has 22 heavy (non-hydrogen) atoms. The predicted octanol–water partition coefficient (Wildman–Crippen LogP) is 5.40. The number of hydrogen-bond acceptors (Lipinski definition) is 2. The Morgan fingerprint density at radius 2 is 1.09 bits per heavy atom. The summed E-state index contributed by atoms with van der Waals surface area (Å²) in [5.74, 6) is 1.38. The summed E-state index contributed by atoms with van der Waals surface area (Å²) in [6.45, 7) is 8.18. The highest BCUT2D eigenvalue weighted by atomic mass is 16.3. The van der Waals surface area contributed by atoms with Gasteiger partial charge < -0.3 is 10.2 Å². The third-order valence-corrected chi connectivity index (χ3v) is 4.69. The predicted molar refractivity (Wildman–Crippen MR) is 91.8 cm³/mol. The van der Waals surface area contributed by atoms with Gasteiger partial charge in [0.05, 0.1) is 0 Å². The second kappa shape index (κ2) is 6.87. The topological polar surface area (TPSA) is 40.5 Å². The summed E-state index contributed by atoms with van der Waals surface area (Å²) < 4.78 is 0. The van der Waals surface area contributed by atoms with Gasteiger partial charge in [0.1, 0.15) is 11.5 Å². The van der Waals surface area contributed by atoms with Crippen LogP contribution in [0.4, 0.5) is 0 Å². The molecular weight excluding hydrogens is 272 g/mol. The van der Waals surface area contributed by atoms with Crippen molar-refractivity contribution in [2.45, 2.75) is 52.4 Å². The van der Waals surface area contributed by atoms with E-state index in [1.165, 1.54) is 0 Å². The Kier molecular flexibility index (Phi) is 5.12. The molecule has 2 rings (SSSR count). The molecule has 2 nitrogen and oxygen atoms in total. The number of phenolic OH excluding ortho intramolecular Hbond substituents is 2. The molecule has 0 heterocycles. The third kappa shape index (κ3) is 3.27. The smallest absolute Gasteiger partial charge is 0.118 e. The van der Waals surface area contributed by atoms with Crippen molar-refractivity contribution in [2.24, 2.45) is 0 Å². The van der Waals surface area contributed by atoms with Crippen LogP contribution in [0, 0.1) is 13.8 Å². The quantitative estimate of drug-likeness (QED) is 0.775. The molecule has 0 saturated carbocycles. The molecule has 2 aromatic rings. The maximum absolute atomic E-state index is 10.0. The first-order chi connectivity index (χ1) is 10.5. The van der Waals surface area contributed by atoms with Gasteiger partial charge in [0.2, 0.25) is 0 Å². The normalized spacial score (nSPS) is 13.8. The van der Waals surface area contributed by atoms with Gasteiger partial charge in [-0.05, 0) is 72.9 Å². The molecule has 0 aliphatic heterocycles. The molecule has 0 aliphatic carbocycles. The molecule has 0 amide bonds. The first-order valence-corrected chi connectivity index (χ1v) is 8.06. The van der Waals surface area contributed by atoms with E-state index < -0.39 is 0 Å². The average molecular weight is 298 g/mol. The minimum absolute atomic E-state index is 0.332. The highest BCUT2D eigenvalue weighted by molar-refractivity contribution is 5.41. The number of hydrogen-bond donors (Lipinski definition) is 2. The van der Waals surface area contributed by atoms with Crippen molar-refractivity contribution in [1.29, 1.82) is 0 Å². The zero-order valence-electron chi connectivity index (χ0n) is 13.9. The zero-order chi connectivity index (χ0) is 16.3. The summed E-state index contributed by atoms with van der Waals surface area (Å²) in [4.78, 5) is 0. The molecule has 2 heteroatoms. The minimum atomic E-state index is 0.332. The molecule has 118 valence electrons. The van der Waals surface area contributed by atoms with Crippen molar-refractivity contribution in [2.75, 3.05) is 0 Å². The van der Waals surface area contributed by atoms with Gasteiger partial charge in [-0.1, -0.05) is 38.1 Å². The van der Waals surface area contributed by atoms with E-state index in [4.69, 9.17) is 0 Å². The first kappa shape index (κ1) is 16.4. The molecule has 2 unspecified atom stereocenters. The summed E-state index contributed by atoms with van der Waals surface area (Å²) in [6.07, 6.45) is 1.99. The van der Waals surface area contributed by atoms with Gasteiger partial charge >= 0.3 is 0 Å². The summed E-state index contributed by atoms with van der Waals surface area (Å²) in [5, 5.41) is 20.0. The van der Waals surface area contributed by atoms with Crippen LogP contribution >= 0.6 is 0 Å². The lowest BCUT2D eigenvalue weighted by Gasteiger charge is -2.27. The van der Waals surface area contributed by atoms with Crippen LogP contribution < -0.4 is 0 Å². The van der Waals surface area contributed by atoms with E-state index in [9.17, 15) is 10.2 Å². The molecular formula is C20H26O2. The zero-order valence-corrected chi connectivity index (χ0v) is 13.9. The van der Waals surface area contributed by atoms with Crippen molar-refractivity contribution in [3.63, 3.8) is 0 Å². The van der Waals surface area contributed by atoms with E-state index in [0.717, 1.165) is 35.1 Å². The number of benzene rings is 2. The molecule has 0 aliphatic rings. The molecule has 2 N–H and O–H groups in total. The lowest BCUT2D eigenvalue weighted by molar-refractivity contribution is 0.459. The highest BCUT2D eigenvalue weighted by Crippen LogP contribution is 2.40. The van der Waals surface area contributed by atoms with Crippen LogP contribution in [0.3, 0.4) is 0 Å². The van der Waals surface area contributed by atoms with Crippen molar-refractivity contribution in [1.82, 2.24) is 0 Å². The van der Waals surface area contributed by atoms with Gasteiger partial charge in [-0.2, -0.15) is 0 Å². The van der Waals surface area contributed by atoms with Gasteiger partial charge in [0.15, 0.2) is 0 Å². The molecule has 0 saturated heterocycles. The molecule has 2 atom stereocenters. The lowest BCUT2D eigenvalue weighted by atomic mass is 9.78. The second-order valence-electron chi connectivity index (χ2n) is 6.12. The lowest BCUT2D eigenvalue weighted by Crippen LogP contribution is -2.10. The largest absolute Gasteiger partial charge is 0.508 e. The average Bonchev–Trinajstić information content (AvgIpc) is 2.50. The SMILES string of the molecule is CCC(c1ccc(C)c(O)c1)C(CC)c1ccc(C)c(O)c1. The summed E-state index contributed by atoms with van der Waals surface area (Å²) in [5.41, 5.74) is 4.13. The van der Waals surface area contributed by atoms with Crippen molar-refractivity contribution >= 4 is 0 Å². The Morgan fingerprint density at radius 3 is 1.36 bits per heavy atom. The Balaban J connectivity index is 2.41. The second-order valence-corrected chi connectivity index (χ2v) is 6.12. The van der Waals surface area contributed by atoms with Crippen molar-refractivity contribution in [3.05, 3.63) is 58.7 Å². The van der Waals surface area contributed by atoms with E-state index in [2.05, 4.69) is 26.0 Å². The van der Waals surface area contributed by atoms with Crippen molar-refractivity contribution in [3.8, 4) is 11.5 Å². The number of aryl methyl sites for hydroxylation is 2. The standard InChI is InChI=1S/C20H26O2/c1-5-17(15-9-7-13(3)19(21)11-15)18(6-2)16-10-8-14(4)20(22)12-16/h7-12,17-18,21-22H,5-6H2,1-4H3. The molecule has 2 aromatic carbocycles. The van der Waals surface area contributed by atoms with Crippen LogP contribution in [0.1, 0.15) is 60.8 Å². The summed E-state index contributed by atoms with van der Waals surface area (Å²) >= 11 is 0. The minimum Gasteiger partial charge on any atom is -0.508 e. The van der Waals surface area contributed by atoms with Crippen LogP contribution in [-0.4, -0.2) is 10.2 Å². The summed E-state index contributed by atoms with van der Waals surface area (Å²) in [6, 6.07) is 12.0. The van der Waals surface area contributed by atoms with Gasteiger partial charge in [0.25, 0.3) is 0 Å². The molecule has 0 radical (unpaired) electrons. The fourth-order valence-corrected chi connectivity index (χ4v) is 3.22. The van der Waals surface area contributed by atoms with E-state index >= 15 is 0 Å². The Hall–Kier alpha value is -1.96. The van der Waals surface area contributed by atoms with E-state index in [1.54, 1.807) is 0 Å². The number of aromatic hydroxyl groups is 2. The maximum Gasteiger partial charge on any atom is 0.118 e. The van der Waals surface area contributed by atoms with Gasteiger partial charge in [-0.3, -0.25) is 0 Å².